The predicted molar refractivity (Wildman–Crippen MR) is 67.4 cm³/mol. The number of aryl methyl sites for hydroxylation is 1. The lowest BCUT2D eigenvalue weighted by Gasteiger charge is -2.06. The van der Waals surface area contributed by atoms with E-state index in [0.717, 1.165) is 0 Å². The zero-order valence-electron chi connectivity index (χ0n) is 10.8. The Morgan fingerprint density at radius 1 is 1.48 bits per heavy atom. The van der Waals surface area contributed by atoms with Gasteiger partial charge in [-0.2, -0.15) is 4.39 Å². The summed E-state index contributed by atoms with van der Waals surface area (Å²) in [5.41, 5.74) is -1.81. The summed E-state index contributed by atoms with van der Waals surface area (Å²) in [5, 5.41) is 12.9. The van der Waals surface area contributed by atoms with E-state index in [0.29, 0.717) is 18.0 Å². The molecule has 0 atom stereocenters. The molecular weight excluding hydrogens is 286 g/mol. The highest BCUT2D eigenvalue weighted by Gasteiger charge is 2.24. The molecule has 1 aromatic carbocycles. The van der Waals surface area contributed by atoms with Crippen molar-refractivity contribution < 1.29 is 18.5 Å². The fourth-order valence-electron chi connectivity index (χ4n) is 1.69. The first-order valence-electron chi connectivity index (χ1n) is 5.78. The summed E-state index contributed by atoms with van der Waals surface area (Å²) < 4.78 is 28.7. The van der Waals surface area contributed by atoms with E-state index < -0.39 is 33.7 Å². The summed E-state index contributed by atoms with van der Waals surface area (Å²) in [4.78, 5) is 25.3. The molecule has 1 heterocycles. The number of carbonyl (C=O) groups is 1. The smallest absolute Gasteiger partial charge is 0.308 e. The van der Waals surface area contributed by atoms with Gasteiger partial charge in [-0.3, -0.25) is 14.9 Å². The Labute approximate surface area is 117 Å². The Morgan fingerprint density at radius 3 is 2.76 bits per heavy atom. The Hall–Kier alpha value is -2.84. The van der Waals surface area contributed by atoms with Crippen LogP contribution in [0.2, 0.25) is 0 Å². The van der Waals surface area contributed by atoms with Crippen molar-refractivity contribution in [1.29, 1.82) is 0 Å². The van der Waals surface area contributed by atoms with Crippen molar-refractivity contribution in [3.8, 4) is 0 Å². The van der Waals surface area contributed by atoms with E-state index in [9.17, 15) is 23.7 Å². The molecule has 0 aliphatic rings. The second kappa shape index (κ2) is 5.65. The first kappa shape index (κ1) is 14.6. The predicted octanol–water partition coefficient (Wildman–Crippen LogP) is 1.54. The molecule has 0 fully saturated rings. The molecule has 1 N–H and O–H groups in total. The average molecular weight is 296 g/mol. The lowest BCUT2D eigenvalue weighted by Crippen LogP contribution is -2.25. The van der Waals surface area contributed by atoms with E-state index in [1.165, 1.54) is 6.20 Å². The monoisotopic (exact) mass is 296 g/mol. The number of amides is 1. The van der Waals surface area contributed by atoms with Crippen molar-refractivity contribution in [2.24, 2.45) is 7.05 Å². The van der Waals surface area contributed by atoms with Gasteiger partial charge in [-0.25, -0.2) is 9.37 Å². The third kappa shape index (κ3) is 3.02. The van der Waals surface area contributed by atoms with Crippen LogP contribution in [0.5, 0.6) is 0 Å². The van der Waals surface area contributed by atoms with Crippen LogP contribution in [0.15, 0.2) is 24.5 Å². The molecule has 0 aliphatic carbocycles. The molecule has 21 heavy (non-hydrogen) atoms. The van der Waals surface area contributed by atoms with Gasteiger partial charge in [0.05, 0.1) is 23.1 Å². The number of hydrogen-bond donors (Lipinski definition) is 1. The van der Waals surface area contributed by atoms with Crippen LogP contribution in [0.3, 0.4) is 0 Å². The third-order valence-electron chi connectivity index (χ3n) is 2.79. The molecule has 0 aliphatic heterocycles. The van der Waals surface area contributed by atoms with Gasteiger partial charge in [0.2, 0.25) is 5.82 Å². The highest BCUT2D eigenvalue weighted by Crippen LogP contribution is 2.22. The summed E-state index contributed by atoms with van der Waals surface area (Å²) in [6.45, 7) is -0.0217. The first-order valence-corrected chi connectivity index (χ1v) is 5.78. The third-order valence-corrected chi connectivity index (χ3v) is 2.79. The number of nitrogens with one attached hydrogen (secondary N) is 1. The van der Waals surface area contributed by atoms with Gasteiger partial charge in [-0.1, -0.05) is 0 Å². The number of benzene rings is 1. The molecule has 0 spiro atoms. The molecule has 2 aromatic rings. The van der Waals surface area contributed by atoms with Gasteiger partial charge < -0.3 is 9.88 Å². The molecule has 0 radical (unpaired) electrons. The summed E-state index contributed by atoms with van der Waals surface area (Å²) in [6.07, 6.45) is 3.16. The first-order chi connectivity index (χ1) is 9.90. The van der Waals surface area contributed by atoms with Gasteiger partial charge in [-0.05, 0) is 6.07 Å². The van der Waals surface area contributed by atoms with Gasteiger partial charge >= 0.3 is 5.69 Å². The molecule has 1 aromatic heterocycles. The van der Waals surface area contributed by atoms with Crippen molar-refractivity contribution in [2.75, 3.05) is 0 Å². The molecular formula is C12H10F2N4O3. The highest BCUT2D eigenvalue weighted by molar-refractivity contribution is 5.95. The lowest BCUT2D eigenvalue weighted by molar-refractivity contribution is -0.387. The van der Waals surface area contributed by atoms with E-state index in [1.54, 1.807) is 17.8 Å². The average Bonchev–Trinajstić information content (AvgIpc) is 2.83. The van der Waals surface area contributed by atoms with E-state index in [2.05, 4.69) is 10.3 Å². The van der Waals surface area contributed by atoms with Gasteiger partial charge in [-0.15, -0.1) is 0 Å². The van der Waals surface area contributed by atoms with Gasteiger partial charge in [0.25, 0.3) is 5.91 Å². The molecule has 1 amide bonds. The second-order valence-corrected chi connectivity index (χ2v) is 4.18. The van der Waals surface area contributed by atoms with Crippen LogP contribution >= 0.6 is 0 Å². The van der Waals surface area contributed by atoms with Crippen molar-refractivity contribution in [3.63, 3.8) is 0 Å². The standard InChI is InChI=1S/C12H10F2N4O3/c1-17-3-2-15-10(17)6-16-12(19)8-4-7(13)5-9(11(8)14)18(20)21/h2-5H,6H2,1H3,(H,16,19). The number of hydrogen-bond acceptors (Lipinski definition) is 4. The lowest BCUT2D eigenvalue weighted by atomic mass is 10.1. The normalized spacial score (nSPS) is 10.4. The molecule has 7 nitrogen and oxygen atoms in total. The maximum absolute atomic E-state index is 13.8. The molecule has 9 heteroatoms. The van der Waals surface area contributed by atoms with Crippen LogP contribution in [-0.4, -0.2) is 20.4 Å². The van der Waals surface area contributed by atoms with Crippen molar-refractivity contribution in [2.45, 2.75) is 6.54 Å². The van der Waals surface area contributed by atoms with E-state index in [1.807, 2.05) is 0 Å². The number of nitrogens with zero attached hydrogens (tertiary/aromatic N) is 3. The minimum atomic E-state index is -1.38. The van der Waals surface area contributed by atoms with Crippen molar-refractivity contribution in [1.82, 2.24) is 14.9 Å². The van der Waals surface area contributed by atoms with E-state index >= 15 is 0 Å². The highest BCUT2D eigenvalue weighted by atomic mass is 19.1. The topological polar surface area (TPSA) is 90.1 Å². The number of rotatable bonds is 4. The molecule has 0 unspecified atom stereocenters. The number of nitro benzene ring substituents is 1. The Bertz CT molecular complexity index is 715. The van der Waals surface area contributed by atoms with E-state index in [-0.39, 0.29) is 6.54 Å². The number of imidazole rings is 1. The number of aromatic nitrogens is 2. The molecule has 110 valence electrons. The van der Waals surface area contributed by atoms with Crippen LogP contribution in [0.25, 0.3) is 0 Å². The SMILES string of the molecule is Cn1ccnc1CNC(=O)c1cc(F)cc([N+](=O)[O-])c1F. The van der Waals surface area contributed by atoms with Gasteiger partial charge in [0.1, 0.15) is 11.6 Å². The minimum Gasteiger partial charge on any atom is -0.345 e. The number of carbonyl (C=O) groups excluding carboxylic acids is 1. The molecule has 0 bridgehead atoms. The summed E-state index contributed by atoms with van der Waals surface area (Å²) >= 11 is 0. The fourth-order valence-corrected chi connectivity index (χ4v) is 1.69. The summed E-state index contributed by atoms with van der Waals surface area (Å²) in [6, 6.07) is 1.03. The Balaban J connectivity index is 2.23. The number of nitro groups is 1. The van der Waals surface area contributed by atoms with Crippen LogP contribution in [0.1, 0.15) is 16.2 Å². The summed E-state index contributed by atoms with van der Waals surface area (Å²) in [7, 11) is 1.70. The molecule has 2 rings (SSSR count). The molecule has 0 saturated heterocycles. The Morgan fingerprint density at radius 2 is 2.19 bits per heavy atom. The van der Waals surface area contributed by atoms with Crippen molar-refractivity contribution >= 4 is 11.6 Å². The van der Waals surface area contributed by atoms with Crippen LogP contribution in [-0.2, 0) is 13.6 Å². The zero-order chi connectivity index (χ0) is 15.6. The van der Waals surface area contributed by atoms with E-state index in [4.69, 9.17) is 0 Å². The second-order valence-electron chi connectivity index (χ2n) is 4.18. The maximum atomic E-state index is 13.8. The zero-order valence-corrected chi connectivity index (χ0v) is 10.8. The Kier molecular flexibility index (Phi) is 3.92. The van der Waals surface area contributed by atoms with Crippen LogP contribution in [0.4, 0.5) is 14.5 Å². The van der Waals surface area contributed by atoms with Gasteiger partial charge in [0.15, 0.2) is 0 Å². The fraction of sp³-hybridized carbons (Fsp3) is 0.167. The summed E-state index contributed by atoms with van der Waals surface area (Å²) in [5.74, 6) is -2.91. The molecule has 0 saturated carbocycles. The van der Waals surface area contributed by atoms with Gasteiger partial charge in [0, 0.05) is 19.4 Å². The quantitative estimate of drug-likeness (QED) is 0.684. The van der Waals surface area contributed by atoms with Crippen LogP contribution < -0.4 is 5.32 Å². The van der Waals surface area contributed by atoms with Crippen LogP contribution in [0, 0.1) is 21.7 Å². The number of halogens is 2. The van der Waals surface area contributed by atoms with Crippen molar-refractivity contribution in [3.05, 3.63) is 57.7 Å². The minimum absolute atomic E-state index is 0.0217. The maximum Gasteiger partial charge on any atom is 0.308 e. The largest absolute Gasteiger partial charge is 0.345 e.